The molecule has 10 nitrogen and oxygen atoms in total. The Bertz CT molecular complexity index is 1640. The van der Waals surface area contributed by atoms with Crippen molar-refractivity contribution in [2.24, 2.45) is 5.92 Å². The summed E-state index contributed by atoms with van der Waals surface area (Å²) in [4.78, 5) is 34.3. The van der Waals surface area contributed by atoms with Crippen LogP contribution in [0, 0.1) is 5.92 Å². The summed E-state index contributed by atoms with van der Waals surface area (Å²) < 4.78 is 29.1. The molecule has 1 amide bonds. The Morgan fingerprint density at radius 1 is 0.977 bits per heavy atom. The predicted molar refractivity (Wildman–Crippen MR) is 168 cm³/mol. The Labute approximate surface area is 255 Å². The SMILES string of the molecule is CC(C)(C)c1ccnc(C2CC[C@@H]3CN(c4nc(C(C)(C)C)ncc4C(=O)NS(=O)(=O)c4cccc(n4)N2)C(C)(C)C3)c1. The lowest BCUT2D eigenvalue weighted by atomic mass is 9.86. The van der Waals surface area contributed by atoms with Crippen molar-refractivity contribution in [1.82, 2.24) is 24.7 Å². The molecular weight excluding hydrogens is 562 g/mol. The Hall–Kier alpha value is -3.60. The number of nitrogens with one attached hydrogen (secondary N) is 2. The molecule has 0 aliphatic carbocycles. The Morgan fingerprint density at radius 2 is 1.72 bits per heavy atom. The molecule has 2 aliphatic heterocycles. The average molecular weight is 606 g/mol. The largest absolute Gasteiger partial charge is 0.362 e. The second-order valence-corrected chi connectivity index (χ2v) is 16.1. The molecule has 0 saturated carbocycles. The number of hydrogen-bond acceptors (Lipinski definition) is 9. The van der Waals surface area contributed by atoms with Crippen molar-refractivity contribution in [2.45, 2.75) is 102 Å². The standard InChI is InChI=1S/C32H43N7O3S/c1-30(2,3)21-14-15-33-24(16-21)23-13-12-20-17-32(7,8)39(19-20)27-22(18-34-29(37-27)31(4,5)6)28(40)38-43(41,42)26-11-9-10-25(35-23)36-26/h9-11,14-16,18,20,23H,12-13,17,19H2,1-8H3,(H,35,36)(H,38,40)/t20-,23?/m0/s1. The van der Waals surface area contributed by atoms with E-state index in [4.69, 9.17) is 9.97 Å². The minimum absolute atomic E-state index is 0.0565. The molecule has 5 heterocycles. The smallest absolute Gasteiger partial charge is 0.281 e. The van der Waals surface area contributed by atoms with Gasteiger partial charge in [-0.2, -0.15) is 8.42 Å². The first-order valence-electron chi connectivity index (χ1n) is 14.9. The first-order chi connectivity index (χ1) is 19.9. The minimum atomic E-state index is -4.30. The normalized spacial score (nSPS) is 22.0. The Balaban J connectivity index is 1.62. The van der Waals surface area contributed by atoms with E-state index in [9.17, 15) is 13.2 Å². The number of sulfonamides is 1. The second-order valence-electron chi connectivity index (χ2n) is 14.5. The van der Waals surface area contributed by atoms with Gasteiger partial charge in [-0.25, -0.2) is 19.7 Å². The molecular formula is C32H43N7O3S. The van der Waals surface area contributed by atoms with Crippen molar-refractivity contribution in [3.05, 3.63) is 65.4 Å². The third-order valence-corrected chi connectivity index (χ3v) is 9.55. The lowest BCUT2D eigenvalue weighted by Gasteiger charge is -2.34. The van der Waals surface area contributed by atoms with Gasteiger partial charge in [-0.05, 0) is 74.3 Å². The molecule has 3 aromatic heterocycles. The van der Waals surface area contributed by atoms with Gasteiger partial charge in [-0.3, -0.25) is 9.78 Å². The second kappa shape index (κ2) is 10.8. The van der Waals surface area contributed by atoms with Gasteiger partial charge < -0.3 is 10.2 Å². The number of carbonyl (C=O) groups excluding carboxylic acids is 1. The van der Waals surface area contributed by atoms with Crippen LogP contribution in [0.5, 0.6) is 0 Å². The number of carbonyl (C=O) groups is 1. The molecule has 3 aromatic rings. The maximum absolute atomic E-state index is 13.6. The molecule has 0 spiro atoms. The number of fused-ring (bicyclic) bond motifs is 6. The summed E-state index contributed by atoms with van der Waals surface area (Å²) in [6, 6.07) is 8.68. The highest BCUT2D eigenvalue weighted by Gasteiger charge is 2.42. The summed E-state index contributed by atoms with van der Waals surface area (Å²) in [6.45, 7) is 17.5. The van der Waals surface area contributed by atoms with Gasteiger partial charge in [0.05, 0.1) is 11.7 Å². The Kier molecular flexibility index (Phi) is 7.77. The van der Waals surface area contributed by atoms with Crippen LogP contribution in [0.15, 0.2) is 47.8 Å². The van der Waals surface area contributed by atoms with Crippen LogP contribution < -0.4 is 14.9 Å². The summed E-state index contributed by atoms with van der Waals surface area (Å²) in [5, 5.41) is 3.21. The molecule has 43 heavy (non-hydrogen) atoms. The number of nitrogens with zero attached hydrogens (tertiary/aromatic N) is 5. The highest BCUT2D eigenvalue weighted by molar-refractivity contribution is 7.90. The molecule has 1 fully saturated rings. The van der Waals surface area contributed by atoms with E-state index in [0.29, 0.717) is 29.9 Å². The monoisotopic (exact) mass is 605 g/mol. The number of amides is 1. The van der Waals surface area contributed by atoms with Crippen molar-refractivity contribution >= 4 is 27.6 Å². The third kappa shape index (κ3) is 6.51. The van der Waals surface area contributed by atoms with Gasteiger partial charge >= 0.3 is 0 Å². The number of anilines is 2. The van der Waals surface area contributed by atoms with Gasteiger partial charge in [0.15, 0.2) is 5.03 Å². The molecule has 0 radical (unpaired) electrons. The molecule has 1 saturated heterocycles. The van der Waals surface area contributed by atoms with Crippen LogP contribution in [0.2, 0.25) is 0 Å². The van der Waals surface area contributed by atoms with E-state index in [1.807, 2.05) is 33.0 Å². The van der Waals surface area contributed by atoms with Gasteiger partial charge in [0.25, 0.3) is 15.9 Å². The van der Waals surface area contributed by atoms with E-state index >= 15 is 0 Å². The van der Waals surface area contributed by atoms with Crippen LogP contribution in [0.25, 0.3) is 0 Å². The van der Waals surface area contributed by atoms with Crippen molar-refractivity contribution in [3.63, 3.8) is 0 Å². The van der Waals surface area contributed by atoms with Crippen molar-refractivity contribution in [3.8, 4) is 0 Å². The predicted octanol–water partition coefficient (Wildman–Crippen LogP) is 5.53. The quantitative estimate of drug-likeness (QED) is 0.368. The molecule has 2 N–H and O–H groups in total. The summed E-state index contributed by atoms with van der Waals surface area (Å²) in [5.41, 5.74) is 1.42. The average Bonchev–Trinajstić information content (AvgIpc) is 3.23. The van der Waals surface area contributed by atoms with E-state index in [1.165, 1.54) is 17.8 Å². The van der Waals surface area contributed by atoms with Gasteiger partial charge in [0, 0.05) is 29.9 Å². The zero-order valence-corrected chi connectivity index (χ0v) is 27.2. The van der Waals surface area contributed by atoms with Crippen LogP contribution in [0.4, 0.5) is 11.6 Å². The summed E-state index contributed by atoms with van der Waals surface area (Å²) in [5.74, 6) is 0.951. The highest BCUT2D eigenvalue weighted by Crippen LogP contribution is 2.41. The number of rotatable bonds is 1. The molecule has 230 valence electrons. The summed E-state index contributed by atoms with van der Waals surface area (Å²) in [6.07, 6.45) is 5.81. The molecule has 4 bridgehead atoms. The lowest BCUT2D eigenvalue weighted by Crippen LogP contribution is -2.41. The van der Waals surface area contributed by atoms with Gasteiger partial charge in [-0.1, -0.05) is 47.6 Å². The fourth-order valence-electron chi connectivity index (χ4n) is 5.91. The maximum Gasteiger partial charge on any atom is 0.281 e. The molecule has 11 heteroatoms. The molecule has 0 aromatic carbocycles. The third-order valence-electron chi connectivity index (χ3n) is 8.32. The molecule has 2 aliphatic rings. The van der Waals surface area contributed by atoms with Crippen LogP contribution in [-0.4, -0.2) is 46.3 Å². The van der Waals surface area contributed by atoms with Crippen LogP contribution in [0.1, 0.15) is 108 Å². The van der Waals surface area contributed by atoms with Crippen molar-refractivity contribution in [1.29, 1.82) is 0 Å². The molecule has 5 rings (SSSR count). The van der Waals surface area contributed by atoms with Gasteiger partial charge in [0.1, 0.15) is 23.0 Å². The molecule has 1 unspecified atom stereocenters. The zero-order chi connectivity index (χ0) is 31.4. The topological polar surface area (TPSA) is 130 Å². The number of pyridine rings is 2. The summed E-state index contributed by atoms with van der Waals surface area (Å²) >= 11 is 0. The van der Waals surface area contributed by atoms with E-state index < -0.39 is 15.9 Å². The molecule has 2 atom stereocenters. The van der Waals surface area contributed by atoms with E-state index in [2.05, 4.69) is 65.6 Å². The first kappa shape index (κ1) is 30.8. The number of aromatic nitrogens is 4. The minimum Gasteiger partial charge on any atom is -0.362 e. The number of hydrogen-bond donors (Lipinski definition) is 2. The van der Waals surface area contributed by atoms with Gasteiger partial charge in [0.2, 0.25) is 0 Å². The highest BCUT2D eigenvalue weighted by atomic mass is 32.2. The van der Waals surface area contributed by atoms with E-state index in [-0.39, 0.29) is 33.0 Å². The first-order valence-corrected chi connectivity index (χ1v) is 16.3. The summed E-state index contributed by atoms with van der Waals surface area (Å²) in [7, 11) is -4.30. The van der Waals surface area contributed by atoms with Crippen molar-refractivity contribution in [2.75, 3.05) is 16.8 Å². The van der Waals surface area contributed by atoms with Crippen LogP contribution >= 0.6 is 0 Å². The Morgan fingerprint density at radius 3 is 2.42 bits per heavy atom. The van der Waals surface area contributed by atoms with E-state index in [1.54, 1.807) is 12.1 Å². The van der Waals surface area contributed by atoms with Gasteiger partial charge in [-0.15, -0.1) is 0 Å². The van der Waals surface area contributed by atoms with Crippen molar-refractivity contribution < 1.29 is 13.2 Å². The van der Waals surface area contributed by atoms with Crippen LogP contribution in [0.3, 0.4) is 0 Å². The maximum atomic E-state index is 13.6. The van der Waals surface area contributed by atoms with E-state index in [0.717, 1.165) is 25.0 Å². The zero-order valence-electron chi connectivity index (χ0n) is 26.4. The fraction of sp³-hybridized carbons (Fsp3) is 0.531. The fourth-order valence-corrected chi connectivity index (χ4v) is 6.84. The van der Waals surface area contributed by atoms with Crippen LogP contribution in [-0.2, 0) is 20.9 Å². The lowest BCUT2D eigenvalue weighted by molar-refractivity contribution is 0.0980.